The molecule has 1 unspecified atom stereocenters. The van der Waals surface area contributed by atoms with Gasteiger partial charge in [0.15, 0.2) is 0 Å². The SMILES string of the molecule is COc1ccc(C(CN2CCN(C)CC2)NCc2cn[nH]c2C)cc1. The number of methoxy groups -OCH3 is 1. The molecule has 0 saturated carbocycles. The summed E-state index contributed by atoms with van der Waals surface area (Å²) < 4.78 is 5.30. The van der Waals surface area contributed by atoms with Gasteiger partial charge in [-0.1, -0.05) is 12.1 Å². The predicted octanol–water partition coefficient (Wildman–Crippen LogP) is 1.81. The number of H-pyrrole nitrogens is 1. The summed E-state index contributed by atoms with van der Waals surface area (Å²) in [5, 5.41) is 10.9. The first-order chi connectivity index (χ1) is 12.2. The quantitative estimate of drug-likeness (QED) is 0.803. The third-order valence-electron chi connectivity index (χ3n) is 5.03. The van der Waals surface area contributed by atoms with E-state index in [4.69, 9.17) is 4.74 Å². The van der Waals surface area contributed by atoms with Crippen LogP contribution in [0.2, 0.25) is 0 Å². The van der Waals surface area contributed by atoms with Crippen molar-refractivity contribution in [2.45, 2.75) is 19.5 Å². The minimum atomic E-state index is 0.281. The summed E-state index contributed by atoms with van der Waals surface area (Å²) in [6.07, 6.45) is 1.91. The van der Waals surface area contributed by atoms with Gasteiger partial charge in [0.1, 0.15) is 5.75 Å². The Bertz CT molecular complexity index is 646. The lowest BCUT2D eigenvalue weighted by Crippen LogP contribution is -2.47. The van der Waals surface area contributed by atoms with Crippen LogP contribution in [0.5, 0.6) is 5.75 Å². The number of hydrogen-bond acceptors (Lipinski definition) is 5. The number of likely N-dealkylation sites (N-methyl/N-ethyl adjacent to an activating group) is 1. The lowest BCUT2D eigenvalue weighted by Gasteiger charge is -2.35. The van der Waals surface area contributed by atoms with Gasteiger partial charge in [-0.2, -0.15) is 5.10 Å². The highest BCUT2D eigenvalue weighted by Gasteiger charge is 2.20. The number of nitrogens with one attached hydrogen (secondary N) is 2. The summed E-state index contributed by atoms with van der Waals surface area (Å²) in [7, 11) is 3.90. The topological polar surface area (TPSA) is 56.4 Å². The van der Waals surface area contributed by atoms with Gasteiger partial charge in [0, 0.05) is 56.6 Å². The number of benzene rings is 1. The van der Waals surface area contributed by atoms with Gasteiger partial charge in [0.2, 0.25) is 0 Å². The Morgan fingerprint density at radius 3 is 2.52 bits per heavy atom. The summed E-state index contributed by atoms with van der Waals surface area (Å²) in [6, 6.07) is 8.68. The Hall–Kier alpha value is -1.89. The fraction of sp³-hybridized carbons (Fsp3) is 0.526. The zero-order valence-electron chi connectivity index (χ0n) is 15.5. The number of aromatic nitrogens is 2. The Labute approximate surface area is 150 Å². The maximum atomic E-state index is 5.30. The molecule has 0 radical (unpaired) electrons. The minimum Gasteiger partial charge on any atom is -0.497 e. The van der Waals surface area contributed by atoms with Crippen molar-refractivity contribution in [3.05, 3.63) is 47.3 Å². The van der Waals surface area contributed by atoms with Gasteiger partial charge >= 0.3 is 0 Å². The molecule has 6 nitrogen and oxygen atoms in total. The summed E-state index contributed by atoms with van der Waals surface area (Å²) in [6.45, 7) is 8.40. The predicted molar refractivity (Wildman–Crippen MR) is 99.8 cm³/mol. The summed E-state index contributed by atoms with van der Waals surface area (Å²) in [4.78, 5) is 4.94. The Morgan fingerprint density at radius 2 is 1.92 bits per heavy atom. The van der Waals surface area contributed by atoms with Crippen LogP contribution in [0.4, 0.5) is 0 Å². The number of nitrogens with zero attached hydrogens (tertiary/aromatic N) is 3. The van der Waals surface area contributed by atoms with Crippen LogP contribution in [0, 0.1) is 6.92 Å². The lowest BCUT2D eigenvalue weighted by molar-refractivity contribution is 0.142. The summed E-state index contributed by atoms with van der Waals surface area (Å²) in [5.41, 5.74) is 3.64. The maximum absolute atomic E-state index is 5.30. The molecule has 2 aromatic rings. The largest absolute Gasteiger partial charge is 0.497 e. The molecular weight excluding hydrogens is 314 g/mol. The van der Waals surface area contributed by atoms with Crippen LogP contribution in [0.3, 0.4) is 0 Å². The van der Waals surface area contributed by atoms with Crippen molar-refractivity contribution >= 4 is 0 Å². The third kappa shape index (κ3) is 4.81. The van der Waals surface area contributed by atoms with Gasteiger partial charge < -0.3 is 15.0 Å². The van der Waals surface area contributed by atoms with Crippen molar-refractivity contribution in [3.63, 3.8) is 0 Å². The smallest absolute Gasteiger partial charge is 0.118 e. The van der Waals surface area contributed by atoms with Crippen molar-refractivity contribution in [3.8, 4) is 5.75 Å². The van der Waals surface area contributed by atoms with E-state index in [-0.39, 0.29) is 6.04 Å². The molecule has 2 heterocycles. The van der Waals surface area contributed by atoms with Crippen LogP contribution < -0.4 is 10.1 Å². The molecule has 1 aliphatic rings. The molecule has 0 aliphatic carbocycles. The van der Waals surface area contributed by atoms with E-state index >= 15 is 0 Å². The molecule has 0 amide bonds. The second-order valence-corrected chi connectivity index (χ2v) is 6.83. The van der Waals surface area contributed by atoms with E-state index in [0.717, 1.165) is 50.7 Å². The van der Waals surface area contributed by atoms with E-state index in [1.807, 2.05) is 18.3 Å². The molecule has 2 N–H and O–H groups in total. The molecular formula is C19H29N5O. The van der Waals surface area contributed by atoms with Gasteiger partial charge in [0.05, 0.1) is 13.3 Å². The second-order valence-electron chi connectivity index (χ2n) is 6.83. The number of ether oxygens (including phenoxy) is 1. The first kappa shape index (κ1) is 17.9. The Kier molecular flexibility index (Phi) is 6.07. The molecule has 1 atom stereocenters. The molecule has 0 spiro atoms. The highest BCUT2D eigenvalue weighted by atomic mass is 16.5. The van der Waals surface area contributed by atoms with Crippen LogP contribution in [0.25, 0.3) is 0 Å². The van der Waals surface area contributed by atoms with Crippen LogP contribution in [-0.2, 0) is 6.54 Å². The number of hydrogen-bond donors (Lipinski definition) is 2. The van der Waals surface area contributed by atoms with Gasteiger partial charge in [0.25, 0.3) is 0 Å². The number of aromatic amines is 1. The van der Waals surface area contributed by atoms with Crippen molar-refractivity contribution in [2.75, 3.05) is 46.9 Å². The number of rotatable bonds is 7. The normalized spacial score (nSPS) is 17.6. The van der Waals surface area contributed by atoms with Crippen LogP contribution in [0.15, 0.2) is 30.5 Å². The maximum Gasteiger partial charge on any atom is 0.118 e. The van der Waals surface area contributed by atoms with Crippen molar-refractivity contribution in [1.29, 1.82) is 0 Å². The van der Waals surface area contributed by atoms with E-state index in [1.165, 1.54) is 11.1 Å². The number of piperazine rings is 1. The van der Waals surface area contributed by atoms with E-state index in [1.54, 1.807) is 7.11 Å². The highest BCUT2D eigenvalue weighted by Crippen LogP contribution is 2.20. The molecule has 1 fully saturated rings. The molecule has 1 aromatic carbocycles. The van der Waals surface area contributed by atoms with Crippen molar-refractivity contribution in [2.24, 2.45) is 0 Å². The molecule has 0 bridgehead atoms. The van der Waals surface area contributed by atoms with E-state index in [9.17, 15) is 0 Å². The first-order valence-corrected chi connectivity index (χ1v) is 8.93. The molecule has 1 saturated heterocycles. The molecule has 6 heteroatoms. The zero-order valence-corrected chi connectivity index (χ0v) is 15.5. The highest BCUT2D eigenvalue weighted by molar-refractivity contribution is 5.29. The van der Waals surface area contributed by atoms with Gasteiger partial charge in [-0.05, 0) is 31.7 Å². The van der Waals surface area contributed by atoms with Gasteiger partial charge in [-0.15, -0.1) is 0 Å². The van der Waals surface area contributed by atoms with Crippen LogP contribution >= 0.6 is 0 Å². The lowest BCUT2D eigenvalue weighted by atomic mass is 10.0. The Morgan fingerprint density at radius 1 is 1.20 bits per heavy atom. The van der Waals surface area contributed by atoms with Crippen molar-refractivity contribution in [1.82, 2.24) is 25.3 Å². The van der Waals surface area contributed by atoms with E-state index in [2.05, 4.69) is 51.4 Å². The van der Waals surface area contributed by atoms with Gasteiger partial charge in [-0.25, -0.2) is 0 Å². The molecule has 25 heavy (non-hydrogen) atoms. The summed E-state index contributed by atoms with van der Waals surface area (Å²) in [5.74, 6) is 0.896. The van der Waals surface area contributed by atoms with E-state index < -0.39 is 0 Å². The fourth-order valence-corrected chi connectivity index (χ4v) is 3.20. The average molecular weight is 343 g/mol. The molecule has 3 rings (SSSR count). The Balaban J connectivity index is 1.69. The van der Waals surface area contributed by atoms with Gasteiger partial charge in [-0.3, -0.25) is 10.00 Å². The standard InChI is InChI=1S/C19H29N5O/c1-15-17(13-21-22-15)12-20-19(14-24-10-8-23(2)9-11-24)16-4-6-18(25-3)7-5-16/h4-7,13,19-20H,8-12,14H2,1-3H3,(H,21,22). The zero-order chi connectivity index (χ0) is 17.6. The van der Waals surface area contributed by atoms with Crippen LogP contribution in [0.1, 0.15) is 22.9 Å². The first-order valence-electron chi connectivity index (χ1n) is 8.93. The average Bonchev–Trinajstić information content (AvgIpc) is 3.05. The van der Waals surface area contributed by atoms with E-state index in [0.29, 0.717) is 0 Å². The monoisotopic (exact) mass is 343 g/mol. The molecule has 1 aliphatic heterocycles. The third-order valence-corrected chi connectivity index (χ3v) is 5.03. The summed E-state index contributed by atoms with van der Waals surface area (Å²) >= 11 is 0. The number of aryl methyl sites for hydroxylation is 1. The van der Waals surface area contributed by atoms with Crippen molar-refractivity contribution < 1.29 is 4.74 Å². The molecule has 1 aromatic heterocycles. The second kappa shape index (κ2) is 8.47. The van der Waals surface area contributed by atoms with Crippen LogP contribution in [-0.4, -0.2) is 66.9 Å². The fourth-order valence-electron chi connectivity index (χ4n) is 3.20. The minimum absolute atomic E-state index is 0.281. The molecule has 136 valence electrons.